The molecule has 0 aromatic heterocycles. The van der Waals surface area contributed by atoms with Crippen molar-refractivity contribution >= 4 is 18.0 Å². The highest BCUT2D eigenvalue weighted by Crippen LogP contribution is 2.13. The Morgan fingerprint density at radius 3 is 2.45 bits per heavy atom. The van der Waals surface area contributed by atoms with E-state index in [0.29, 0.717) is 6.61 Å². The molecule has 0 bridgehead atoms. The summed E-state index contributed by atoms with van der Waals surface area (Å²) in [5, 5.41) is 0. The van der Waals surface area contributed by atoms with E-state index in [1.54, 1.807) is 13.1 Å². The first-order valence-corrected chi connectivity index (χ1v) is 6.29. The molecule has 0 saturated heterocycles. The van der Waals surface area contributed by atoms with E-state index in [4.69, 9.17) is 4.74 Å². The summed E-state index contributed by atoms with van der Waals surface area (Å²) in [5.74, 6) is 0.0818. The third-order valence-electron chi connectivity index (χ3n) is 2.58. The fourth-order valence-corrected chi connectivity index (χ4v) is 1.47. The number of benzene rings is 1. The highest BCUT2D eigenvalue weighted by Gasteiger charge is 2.09. The summed E-state index contributed by atoms with van der Waals surface area (Å²) in [7, 11) is 2.83. The first-order chi connectivity index (χ1) is 9.56. The summed E-state index contributed by atoms with van der Waals surface area (Å²) >= 11 is 0. The Morgan fingerprint density at radius 1 is 1.25 bits per heavy atom. The molecule has 0 fully saturated rings. The number of ether oxygens (including phenoxy) is 2. The Kier molecular flexibility index (Phi) is 6.29. The van der Waals surface area contributed by atoms with Crippen molar-refractivity contribution in [3.63, 3.8) is 0 Å². The summed E-state index contributed by atoms with van der Waals surface area (Å²) in [4.78, 5) is 24.1. The molecule has 20 heavy (non-hydrogen) atoms. The van der Waals surface area contributed by atoms with Crippen LogP contribution in [-0.2, 0) is 14.3 Å². The number of nitrogens with zero attached hydrogens (tertiary/aromatic N) is 1. The van der Waals surface area contributed by atoms with Gasteiger partial charge in [0.2, 0.25) is 5.91 Å². The molecule has 1 aromatic rings. The number of likely N-dealkylation sites (N-methyl/N-ethyl adjacent to an activating group) is 1. The fraction of sp³-hybridized carbons (Fsp3) is 0.333. The van der Waals surface area contributed by atoms with Crippen molar-refractivity contribution in [1.29, 1.82) is 0 Å². The van der Waals surface area contributed by atoms with E-state index in [9.17, 15) is 9.59 Å². The molecule has 0 heterocycles. The molecule has 0 radical (unpaired) electrons. The van der Waals surface area contributed by atoms with Gasteiger partial charge in [0.25, 0.3) is 0 Å². The van der Waals surface area contributed by atoms with Crippen molar-refractivity contribution in [2.75, 3.05) is 27.3 Å². The number of carbonyl (C=O) groups excluding carboxylic acids is 2. The lowest BCUT2D eigenvalue weighted by Gasteiger charge is -2.12. The van der Waals surface area contributed by atoms with Crippen molar-refractivity contribution < 1.29 is 19.1 Å². The van der Waals surface area contributed by atoms with Gasteiger partial charge in [-0.15, -0.1) is 0 Å². The molecule has 0 aliphatic carbocycles. The van der Waals surface area contributed by atoms with Crippen LogP contribution in [0.1, 0.15) is 12.5 Å². The molecule has 0 spiro atoms. The first-order valence-electron chi connectivity index (χ1n) is 6.29. The van der Waals surface area contributed by atoms with Gasteiger partial charge in [0.1, 0.15) is 12.3 Å². The minimum absolute atomic E-state index is 0.0665. The van der Waals surface area contributed by atoms with E-state index in [1.807, 2.05) is 31.2 Å². The molecule has 108 valence electrons. The van der Waals surface area contributed by atoms with Gasteiger partial charge < -0.3 is 14.4 Å². The lowest BCUT2D eigenvalue weighted by atomic mass is 10.2. The zero-order valence-corrected chi connectivity index (χ0v) is 12.0. The second-order valence-corrected chi connectivity index (χ2v) is 4.11. The Hall–Kier alpha value is -2.30. The number of carbonyl (C=O) groups is 2. The predicted molar refractivity (Wildman–Crippen MR) is 76.3 cm³/mol. The van der Waals surface area contributed by atoms with Gasteiger partial charge in [0, 0.05) is 13.1 Å². The largest absolute Gasteiger partial charge is 0.494 e. The standard InChI is InChI=1S/C15H19NO4/c1-4-20-13-8-5-12(6-9-13)7-10-14(17)16(2)11-15(18)19-3/h5-10H,4,11H2,1-3H3/b10-7+. The van der Waals surface area contributed by atoms with E-state index in [0.717, 1.165) is 11.3 Å². The van der Waals surface area contributed by atoms with Gasteiger partial charge in [-0.05, 0) is 30.7 Å². The quantitative estimate of drug-likeness (QED) is 0.587. The van der Waals surface area contributed by atoms with Gasteiger partial charge in [-0.1, -0.05) is 12.1 Å². The third kappa shape index (κ3) is 5.14. The average molecular weight is 277 g/mol. The highest BCUT2D eigenvalue weighted by atomic mass is 16.5. The smallest absolute Gasteiger partial charge is 0.325 e. The Labute approximate surface area is 118 Å². The van der Waals surface area contributed by atoms with Gasteiger partial charge in [-0.2, -0.15) is 0 Å². The molecule has 5 nitrogen and oxygen atoms in total. The van der Waals surface area contributed by atoms with E-state index >= 15 is 0 Å². The van der Waals surface area contributed by atoms with Gasteiger partial charge in [-0.25, -0.2) is 0 Å². The third-order valence-corrected chi connectivity index (χ3v) is 2.58. The molecule has 0 aliphatic heterocycles. The van der Waals surface area contributed by atoms with Crippen LogP contribution < -0.4 is 4.74 Å². The van der Waals surface area contributed by atoms with Crippen molar-refractivity contribution in [2.24, 2.45) is 0 Å². The first kappa shape index (κ1) is 15.8. The Balaban J connectivity index is 2.58. The number of esters is 1. The monoisotopic (exact) mass is 277 g/mol. The zero-order chi connectivity index (χ0) is 15.0. The van der Waals surface area contributed by atoms with Gasteiger partial charge in [-0.3, -0.25) is 9.59 Å². The van der Waals surface area contributed by atoms with Crippen LogP contribution >= 0.6 is 0 Å². The lowest BCUT2D eigenvalue weighted by Crippen LogP contribution is -2.31. The minimum Gasteiger partial charge on any atom is -0.494 e. The molecular formula is C15H19NO4. The van der Waals surface area contributed by atoms with Crippen LogP contribution in [0.25, 0.3) is 6.08 Å². The van der Waals surface area contributed by atoms with Gasteiger partial charge in [0.15, 0.2) is 0 Å². The molecule has 5 heteroatoms. The molecule has 1 aromatic carbocycles. The van der Waals surface area contributed by atoms with E-state index in [-0.39, 0.29) is 12.5 Å². The fourth-order valence-electron chi connectivity index (χ4n) is 1.47. The molecule has 0 aliphatic rings. The molecular weight excluding hydrogens is 258 g/mol. The van der Waals surface area contributed by atoms with E-state index in [1.165, 1.54) is 18.1 Å². The second-order valence-electron chi connectivity index (χ2n) is 4.11. The highest BCUT2D eigenvalue weighted by molar-refractivity contribution is 5.93. The molecule has 0 atom stereocenters. The molecule has 0 unspecified atom stereocenters. The summed E-state index contributed by atoms with van der Waals surface area (Å²) in [6.45, 7) is 2.47. The maximum absolute atomic E-state index is 11.7. The second kappa shape index (κ2) is 7.99. The van der Waals surface area contributed by atoms with Crippen LogP contribution in [-0.4, -0.2) is 44.1 Å². The Morgan fingerprint density at radius 2 is 1.90 bits per heavy atom. The normalized spacial score (nSPS) is 10.3. The van der Waals surface area contributed by atoms with Crippen LogP contribution in [0.15, 0.2) is 30.3 Å². The number of hydrogen-bond acceptors (Lipinski definition) is 4. The van der Waals surface area contributed by atoms with E-state index < -0.39 is 5.97 Å². The number of rotatable bonds is 6. The van der Waals surface area contributed by atoms with Crippen molar-refractivity contribution in [2.45, 2.75) is 6.92 Å². The van der Waals surface area contributed by atoms with Crippen LogP contribution in [0.5, 0.6) is 5.75 Å². The summed E-state index contributed by atoms with van der Waals surface area (Å²) in [5.41, 5.74) is 0.883. The molecule has 0 saturated carbocycles. The number of amides is 1. The molecule has 0 N–H and O–H groups in total. The maximum atomic E-state index is 11.7. The summed E-state index contributed by atoms with van der Waals surface area (Å²) in [6, 6.07) is 7.39. The van der Waals surface area contributed by atoms with E-state index in [2.05, 4.69) is 4.74 Å². The van der Waals surface area contributed by atoms with Crippen LogP contribution in [0.3, 0.4) is 0 Å². The van der Waals surface area contributed by atoms with Crippen LogP contribution in [0.2, 0.25) is 0 Å². The molecule has 1 amide bonds. The van der Waals surface area contributed by atoms with Crippen LogP contribution in [0, 0.1) is 0 Å². The topological polar surface area (TPSA) is 55.8 Å². The number of hydrogen-bond donors (Lipinski definition) is 0. The van der Waals surface area contributed by atoms with Gasteiger partial charge >= 0.3 is 5.97 Å². The molecule has 1 rings (SSSR count). The summed E-state index contributed by atoms with van der Waals surface area (Å²) < 4.78 is 9.83. The maximum Gasteiger partial charge on any atom is 0.325 e. The van der Waals surface area contributed by atoms with Crippen molar-refractivity contribution in [3.05, 3.63) is 35.9 Å². The van der Waals surface area contributed by atoms with Gasteiger partial charge in [0.05, 0.1) is 13.7 Å². The SMILES string of the molecule is CCOc1ccc(/C=C/C(=O)N(C)CC(=O)OC)cc1. The van der Waals surface area contributed by atoms with Crippen molar-refractivity contribution in [3.8, 4) is 5.75 Å². The zero-order valence-electron chi connectivity index (χ0n) is 12.0. The number of methoxy groups -OCH3 is 1. The summed E-state index contributed by atoms with van der Waals surface area (Å²) in [6.07, 6.45) is 3.10. The average Bonchev–Trinajstić information content (AvgIpc) is 2.46. The lowest BCUT2D eigenvalue weighted by molar-refractivity contribution is -0.144. The predicted octanol–water partition coefficient (Wildman–Crippen LogP) is 1.73. The van der Waals surface area contributed by atoms with Crippen molar-refractivity contribution in [1.82, 2.24) is 4.90 Å². The van der Waals surface area contributed by atoms with Crippen LogP contribution in [0.4, 0.5) is 0 Å². The minimum atomic E-state index is -0.449. The Bertz CT molecular complexity index is 479.